The van der Waals surface area contributed by atoms with Crippen LogP contribution in [0.15, 0.2) is 10.8 Å². The zero-order valence-electron chi connectivity index (χ0n) is 11.9. The Morgan fingerprint density at radius 1 is 1.53 bits per heavy atom. The summed E-state index contributed by atoms with van der Waals surface area (Å²) in [5.41, 5.74) is 0. The van der Waals surface area contributed by atoms with Crippen molar-refractivity contribution in [3.63, 3.8) is 0 Å². The second-order valence-electron chi connectivity index (χ2n) is 4.92. The molecule has 0 spiro atoms. The van der Waals surface area contributed by atoms with E-state index in [4.69, 9.17) is 0 Å². The number of likely N-dealkylation sites (tertiary alicyclic amines) is 1. The molecule has 19 heavy (non-hydrogen) atoms. The van der Waals surface area contributed by atoms with Crippen LogP contribution in [-0.2, 0) is 0 Å². The molecule has 0 amide bonds. The number of likely N-dealkylation sites (N-methyl/N-ethyl adjacent to an activating group) is 2. The van der Waals surface area contributed by atoms with E-state index in [-0.39, 0.29) is 0 Å². The van der Waals surface area contributed by atoms with Crippen LogP contribution in [-0.4, -0.2) is 54.6 Å². The summed E-state index contributed by atoms with van der Waals surface area (Å²) in [6.45, 7) is 5.59. The van der Waals surface area contributed by atoms with Crippen LogP contribution in [0.1, 0.15) is 19.8 Å². The second-order valence-corrected chi connectivity index (χ2v) is 5.71. The fourth-order valence-electron chi connectivity index (χ4n) is 2.72. The molecule has 1 aliphatic rings. The molecule has 0 radical (unpaired) electrons. The van der Waals surface area contributed by atoms with E-state index in [1.807, 2.05) is 7.05 Å². The Bertz CT molecular complexity index is 425. The minimum atomic E-state index is 0.634. The predicted molar refractivity (Wildman–Crippen MR) is 82.8 cm³/mol. The SMILES string of the molecule is CCN1CCCC1CN(C)c1ncnc(NC)c1Br. The van der Waals surface area contributed by atoms with Gasteiger partial charge in [0.05, 0.1) is 0 Å². The molecule has 0 aromatic carbocycles. The topological polar surface area (TPSA) is 44.3 Å². The fraction of sp³-hybridized carbons (Fsp3) is 0.692. The Morgan fingerprint density at radius 2 is 2.32 bits per heavy atom. The molecule has 1 saturated heterocycles. The van der Waals surface area contributed by atoms with Crippen LogP contribution >= 0.6 is 15.9 Å². The van der Waals surface area contributed by atoms with E-state index in [1.165, 1.54) is 19.4 Å². The Balaban J connectivity index is 2.09. The molecule has 1 N–H and O–H groups in total. The van der Waals surface area contributed by atoms with Gasteiger partial charge in [-0.2, -0.15) is 0 Å². The van der Waals surface area contributed by atoms with E-state index in [1.54, 1.807) is 6.33 Å². The number of hydrogen-bond donors (Lipinski definition) is 1. The quantitative estimate of drug-likeness (QED) is 0.898. The fourth-order valence-corrected chi connectivity index (χ4v) is 3.43. The maximum absolute atomic E-state index is 4.39. The van der Waals surface area contributed by atoms with Gasteiger partial charge in [0, 0.05) is 26.7 Å². The van der Waals surface area contributed by atoms with Gasteiger partial charge in [0.1, 0.15) is 22.4 Å². The van der Waals surface area contributed by atoms with Crippen molar-refractivity contribution in [2.24, 2.45) is 0 Å². The van der Waals surface area contributed by atoms with Gasteiger partial charge in [-0.25, -0.2) is 9.97 Å². The Hall–Kier alpha value is -0.880. The lowest BCUT2D eigenvalue weighted by Crippen LogP contribution is -2.39. The van der Waals surface area contributed by atoms with Crippen molar-refractivity contribution in [1.29, 1.82) is 0 Å². The van der Waals surface area contributed by atoms with Crippen LogP contribution in [0.5, 0.6) is 0 Å². The number of anilines is 2. The lowest BCUT2D eigenvalue weighted by molar-refractivity contribution is 0.270. The molecule has 1 fully saturated rings. The second kappa shape index (κ2) is 6.52. The minimum Gasteiger partial charge on any atom is -0.372 e. The molecular weight excluding hydrogens is 306 g/mol. The van der Waals surface area contributed by atoms with Gasteiger partial charge in [-0.1, -0.05) is 6.92 Å². The zero-order valence-corrected chi connectivity index (χ0v) is 13.4. The molecule has 106 valence electrons. The molecule has 1 unspecified atom stereocenters. The van der Waals surface area contributed by atoms with Crippen molar-refractivity contribution in [3.8, 4) is 0 Å². The molecule has 2 rings (SSSR count). The van der Waals surface area contributed by atoms with Gasteiger partial charge in [-0.15, -0.1) is 0 Å². The van der Waals surface area contributed by atoms with Crippen molar-refractivity contribution in [2.75, 3.05) is 43.9 Å². The molecule has 5 nitrogen and oxygen atoms in total. The summed E-state index contributed by atoms with van der Waals surface area (Å²) < 4.78 is 0.932. The van der Waals surface area contributed by atoms with Gasteiger partial charge in [0.2, 0.25) is 0 Å². The number of hydrogen-bond acceptors (Lipinski definition) is 5. The lowest BCUT2D eigenvalue weighted by atomic mass is 10.2. The van der Waals surface area contributed by atoms with Gasteiger partial charge in [0.25, 0.3) is 0 Å². The third-order valence-corrected chi connectivity index (χ3v) is 4.49. The number of halogens is 1. The maximum atomic E-state index is 4.39. The van der Waals surface area contributed by atoms with E-state index in [0.717, 1.165) is 29.2 Å². The summed E-state index contributed by atoms with van der Waals surface area (Å²) in [7, 11) is 3.96. The highest BCUT2D eigenvalue weighted by atomic mass is 79.9. The largest absolute Gasteiger partial charge is 0.372 e. The molecule has 6 heteroatoms. The average Bonchev–Trinajstić information content (AvgIpc) is 2.86. The van der Waals surface area contributed by atoms with Crippen molar-refractivity contribution < 1.29 is 0 Å². The van der Waals surface area contributed by atoms with Gasteiger partial charge < -0.3 is 10.2 Å². The third kappa shape index (κ3) is 3.17. The average molecular weight is 328 g/mol. The van der Waals surface area contributed by atoms with Crippen molar-refractivity contribution in [1.82, 2.24) is 14.9 Å². The summed E-state index contributed by atoms with van der Waals surface area (Å²) >= 11 is 3.58. The molecule has 1 aliphatic heterocycles. The number of aromatic nitrogens is 2. The smallest absolute Gasteiger partial charge is 0.148 e. The monoisotopic (exact) mass is 327 g/mol. The van der Waals surface area contributed by atoms with E-state index in [9.17, 15) is 0 Å². The van der Waals surface area contributed by atoms with Crippen LogP contribution < -0.4 is 10.2 Å². The number of nitrogens with one attached hydrogen (secondary N) is 1. The van der Waals surface area contributed by atoms with Crippen molar-refractivity contribution in [2.45, 2.75) is 25.8 Å². The van der Waals surface area contributed by atoms with E-state index >= 15 is 0 Å². The van der Waals surface area contributed by atoms with Gasteiger partial charge in [0.15, 0.2) is 0 Å². The molecule has 1 aromatic heterocycles. The molecule has 1 atom stereocenters. The van der Waals surface area contributed by atoms with Crippen LogP contribution in [0.4, 0.5) is 11.6 Å². The summed E-state index contributed by atoms with van der Waals surface area (Å²) in [5, 5.41) is 3.07. The van der Waals surface area contributed by atoms with Gasteiger partial charge in [-0.05, 0) is 41.9 Å². The Labute approximate surface area is 123 Å². The summed E-state index contributed by atoms with van der Waals surface area (Å²) in [6.07, 6.45) is 4.19. The number of rotatable bonds is 5. The Kier molecular flexibility index (Phi) is 4.99. The zero-order chi connectivity index (χ0) is 13.8. The van der Waals surface area contributed by atoms with Crippen molar-refractivity contribution >= 4 is 27.6 Å². The van der Waals surface area contributed by atoms with Crippen LogP contribution in [0.25, 0.3) is 0 Å². The lowest BCUT2D eigenvalue weighted by Gasteiger charge is -2.29. The summed E-state index contributed by atoms with van der Waals surface area (Å²) in [5.74, 6) is 1.78. The van der Waals surface area contributed by atoms with Crippen LogP contribution in [0.2, 0.25) is 0 Å². The van der Waals surface area contributed by atoms with Gasteiger partial charge >= 0.3 is 0 Å². The van der Waals surface area contributed by atoms with E-state index in [0.29, 0.717) is 6.04 Å². The number of nitrogens with zero attached hydrogens (tertiary/aromatic N) is 4. The summed E-state index contributed by atoms with van der Waals surface area (Å²) in [6, 6.07) is 0.634. The normalized spacial score (nSPS) is 19.7. The van der Waals surface area contributed by atoms with Crippen LogP contribution in [0, 0.1) is 0 Å². The summed E-state index contributed by atoms with van der Waals surface area (Å²) in [4.78, 5) is 13.3. The molecule has 0 saturated carbocycles. The third-order valence-electron chi connectivity index (χ3n) is 3.76. The highest BCUT2D eigenvalue weighted by Crippen LogP contribution is 2.29. The Morgan fingerprint density at radius 3 is 3.00 bits per heavy atom. The van der Waals surface area contributed by atoms with E-state index in [2.05, 4.69) is 55.0 Å². The molecular formula is C13H22BrN5. The first kappa shape index (κ1) is 14.5. The molecule has 2 heterocycles. The maximum Gasteiger partial charge on any atom is 0.148 e. The standard InChI is InChI=1S/C13H22BrN5/c1-4-19-7-5-6-10(19)8-18(3)13-11(14)12(15-2)16-9-17-13/h9-10H,4-8H2,1-3H3,(H,15,16,17). The highest BCUT2D eigenvalue weighted by Gasteiger charge is 2.25. The first-order valence-corrected chi connectivity index (χ1v) is 7.60. The molecule has 0 bridgehead atoms. The van der Waals surface area contributed by atoms with Crippen LogP contribution in [0.3, 0.4) is 0 Å². The molecule has 0 aliphatic carbocycles. The highest BCUT2D eigenvalue weighted by molar-refractivity contribution is 9.10. The predicted octanol–water partition coefficient (Wildman–Crippen LogP) is 2.20. The van der Waals surface area contributed by atoms with Crippen molar-refractivity contribution in [3.05, 3.63) is 10.8 Å². The van der Waals surface area contributed by atoms with E-state index < -0.39 is 0 Å². The van der Waals surface area contributed by atoms with Gasteiger partial charge in [-0.3, -0.25) is 4.90 Å². The minimum absolute atomic E-state index is 0.634. The first-order chi connectivity index (χ1) is 9.17. The first-order valence-electron chi connectivity index (χ1n) is 6.80. The molecule has 1 aromatic rings.